The second kappa shape index (κ2) is 14.7. The molecule has 8 rings (SSSR count). The average molecular weight is 775 g/mol. The van der Waals surface area contributed by atoms with Crippen LogP contribution in [0.1, 0.15) is 53.4 Å². The number of ether oxygens (including phenoxy) is 3. The lowest BCUT2D eigenvalue weighted by Crippen LogP contribution is -2.27. The van der Waals surface area contributed by atoms with Gasteiger partial charge in [-0.3, -0.25) is 9.36 Å². The van der Waals surface area contributed by atoms with Crippen LogP contribution in [0.4, 0.5) is 4.79 Å². The van der Waals surface area contributed by atoms with Crippen LogP contribution in [0.3, 0.4) is 0 Å². The summed E-state index contributed by atoms with van der Waals surface area (Å²) in [5.74, 6) is 0.714. The Morgan fingerprint density at radius 1 is 0.684 bits per heavy atom. The van der Waals surface area contributed by atoms with Crippen LogP contribution in [0.5, 0.6) is 0 Å². The minimum absolute atomic E-state index is 0.207. The number of H-pyrrole nitrogens is 1. The fourth-order valence-electron chi connectivity index (χ4n) is 6.13. The van der Waals surface area contributed by atoms with Crippen molar-refractivity contribution in [2.24, 2.45) is 14.1 Å². The second-order valence-electron chi connectivity index (χ2n) is 14.0. The number of carbonyl (C=O) groups is 3. The van der Waals surface area contributed by atoms with E-state index in [9.17, 15) is 14.4 Å². The van der Waals surface area contributed by atoms with E-state index >= 15 is 0 Å². The number of aromatic nitrogens is 10. The van der Waals surface area contributed by atoms with Gasteiger partial charge in [0.15, 0.2) is 23.0 Å². The summed E-state index contributed by atoms with van der Waals surface area (Å²) in [7, 11) is 6.17. The van der Waals surface area contributed by atoms with Crippen LogP contribution in [0.25, 0.3) is 67.5 Å². The highest BCUT2D eigenvalue weighted by atomic mass is 16.6. The van der Waals surface area contributed by atoms with Crippen molar-refractivity contribution in [3.8, 4) is 45.7 Å². The Hall–Kier alpha value is -7.37. The van der Waals surface area contributed by atoms with E-state index in [0.29, 0.717) is 34.4 Å². The highest BCUT2D eigenvalue weighted by Gasteiger charge is 2.26. The number of aryl methyl sites for hydroxylation is 4. The molecule has 6 heterocycles. The van der Waals surface area contributed by atoms with Gasteiger partial charge in [-0.25, -0.2) is 19.0 Å². The molecule has 8 aromatic rings. The normalized spacial score (nSPS) is 11.5. The standard InChI is InChI=1S/C22H23N5O5.C17H15N5O3/c1-12-23-19(32-25-12)18-10-14-9-13(17-11-15(20(28)30-6)24-26(17)5)7-8-16(14)27(18)21(29)31-22(2,3)4;1-9-18-16(25-21-9)13-7-11-6-10(4-5-12(11)19-13)15-8-14(17(23)24-3)20-22(15)2/h7-11H,1-6H3;4-8,19H,1-3H3. The minimum atomic E-state index is -0.686. The Kier molecular flexibility index (Phi) is 9.78. The Bertz CT molecular complexity index is 2810. The third kappa shape index (κ3) is 7.64. The SMILES string of the molecule is COC(=O)c1cc(-c2ccc3[nH]c(-c4nc(C)no4)cc3c2)n(C)n1.COC(=O)c1cc(-c2ccc3c(c2)cc(-c2nc(C)no2)n3C(=O)OC(C)(C)C)n(C)n1. The van der Waals surface area contributed by atoms with Gasteiger partial charge in [-0.1, -0.05) is 22.4 Å². The molecule has 18 heteroatoms. The predicted octanol–water partition coefficient (Wildman–Crippen LogP) is 6.68. The first-order valence-corrected chi connectivity index (χ1v) is 17.5. The smallest absolute Gasteiger partial charge is 0.419 e. The van der Waals surface area contributed by atoms with Crippen LogP contribution in [-0.4, -0.2) is 87.2 Å². The van der Waals surface area contributed by atoms with E-state index in [4.69, 9.17) is 23.3 Å². The third-order valence-electron chi connectivity index (χ3n) is 8.64. The molecule has 0 aliphatic rings. The van der Waals surface area contributed by atoms with Crippen molar-refractivity contribution < 1.29 is 37.6 Å². The second-order valence-corrected chi connectivity index (χ2v) is 14.0. The summed E-state index contributed by atoms with van der Waals surface area (Å²) in [6.07, 6.45) is -0.556. The number of carbonyl (C=O) groups excluding carboxylic acids is 3. The number of benzene rings is 2. The van der Waals surface area contributed by atoms with Crippen molar-refractivity contribution in [2.45, 2.75) is 40.2 Å². The van der Waals surface area contributed by atoms with Gasteiger partial charge < -0.3 is 28.2 Å². The molecule has 292 valence electrons. The maximum Gasteiger partial charge on any atom is 0.419 e. The molecule has 0 atom stereocenters. The molecule has 0 aliphatic carbocycles. The van der Waals surface area contributed by atoms with Gasteiger partial charge >= 0.3 is 18.0 Å². The average Bonchev–Trinajstić information content (AvgIpc) is 4.02. The van der Waals surface area contributed by atoms with Gasteiger partial charge in [0.25, 0.3) is 11.8 Å². The summed E-state index contributed by atoms with van der Waals surface area (Å²) < 4.78 is 30.3. The summed E-state index contributed by atoms with van der Waals surface area (Å²) in [4.78, 5) is 48.3. The largest absolute Gasteiger partial charge is 0.464 e. The van der Waals surface area contributed by atoms with E-state index in [-0.39, 0.29) is 17.3 Å². The third-order valence-corrected chi connectivity index (χ3v) is 8.64. The molecule has 0 saturated carbocycles. The topological polar surface area (TPSA) is 213 Å². The molecule has 18 nitrogen and oxygen atoms in total. The predicted molar refractivity (Wildman–Crippen MR) is 205 cm³/mol. The first-order valence-electron chi connectivity index (χ1n) is 17.5. The van der Waals surface area contributed by atoms with Gasteiger partial charge in [0.05, 0.1) is 31.1 Å². The molecule has 0 fully saturated rings. The van der Waals surface area contributed by atoms with Crippen molar-refractivity contribution in [3.05, 3.63) is 83.7 Å². The lowest BCUT2D eigenvalue weighted by Gasteiger charge is -2.20. The van der Waals surface area contributed by atoms with Gasteiger partial charge in [-0.2, -0.15) is 20.2 Å². The van der Waals surface area contributed by atoms with Crippen molar-refractivity contribution in [1.82, 2.24) is 49.4 Å². The number of nitrogens with zero attached hydrogens (tertiary/aromatic N) is 9. The van der Waals surface area contributed by atoms with Crippen LogP contribution < -0.4 is 0 Å². The van der Waals surface area contributed by atoms with Crippen LogP contribution >= 0.6 is 0 Å². The monoisotopic (exact) mass is 774 g/mol. The summed E-state index contributed by atoms with van der Waals surface area (Å²) in [5.41, 5.74) is 5.81. The molecule has 0 amide bonds. The molecule has 1 N–H and O–H groups in total. The zero-order chi connectivity index (χ0) is 40.8. The van der Waals surface area contributed by atoms with Crippen molar-refractivity contribution >= 4 is 39.8 Å². The number of rotatable bonds is 6. The summed E-state index contributed by atoms with van der Waals surface area (Å²) >= 11 is 0. The Morgan fingerprint density at radius 2 is 1.23 bits per heavy atom. The van der Waals surface area contributed by atoms with Gasteiger partial charge in [0.2, 0.25) is 0 Å². The van der Waals surface area contributed by atoms with Crippen LogP contribution in [-0.2, 0) is 28.3 Å². The lowest BCUT2D eigenvalue weighted by molar-refractivity contribution is 0.0543. The lowest BCUT2D eigenvalue weighted by atomic mass is 10.1. The summed E-state index contributed by atoms with van der Waals surface area (Å²) in [6.45, 7) is 8.87. The number of methoxy groups -OCH3 is 2. The number of hydrogen-bond donors (Lipinski definition) is 1. The van der Waals surface area contributed by atoms with Crippen molar-refractivity contribution in [1.29, 1.82) is 0 Å². The van der Waals surface area contributed by atoms with E-state index < -0.39 is 23.6 Å². The summed E-state index contributed by atoms with van der Waals surface area (Å²) in [5, 5.41) is 17.8. The highest BCUT2D eigenvalue weighted by molar-refractivity contribution is 5.97. The van der Waals surface area contributed by atoms with E-state index in [1.807, 2.05) is 36.4 Å². The number of fused-ring (bicyclic) bond motifs is 2. The zero-order valence-electron chi connectivity index (χ0n) is 32.6. The molecular formula is C39H38N10O8. The van der Waals surface area contributed by atoms with Crippen LogP contribution in [0.2, 0.25) is 0 Å². The van der Waals surface area contributed by atoms with Gasteiger partial charge in [0.1, 0.15) is 17.0 Å². The Labute approximate surface area is 324 Å². The Morgan fingerprint density at radius 3 is 1.75 bits per heavy atom. The maximum atomic E-state index is 13.0. The Balaban J connectivity index is 0.000000179. The zero-order valence-corrected chi connectivity index (χ0v) is 32.6. The van der Waals surface area contributed by atoms with Crippen molar-refractivity contribution in [3.63, 3.8) is 0 Å². The van der Waals surface area contributed by atoms with E-state index in [0.717, 1.165) is 38.8 Å². The van der Waals surface area contributed by atoms with E-state index in [1.165, 1.54) is 18.8 Å². The molecule has 6 aromatic heterocycles. The van der Waals surface area contributed by atoms with Crippen LogP contribution in [0, 0.1) is 13.8 Å². The maximum absolute atomic E-state index is 13.0. The molecule has 0 unspecified atom stereocenters. The molecule has 0 aliphatic heterocycles. The number of nitrogens with one attached hydrogen (secondary N) is 1. The van der Waals surface area contributed by atoms with Gasteiger partial charge in [0, 0.05) is 41.5 Å². The summed E-state index contributed by atoms with van der Waals surface area (Å²) in [6, 6.07) is 18.6. The van der Waals surface area contributed by atoms with Gasteiger partial charge in [-0.05, 0) is 83.1 Å². The molecule has 0 spiro atoms. The molecular weight excluding hydrogens is 736 g/mol. The minimum Gasteiger partial charge on any atom is -0.464 e. The molecule has 0 bridgehead atoms. The fraction of sp³-hybridized carbons (Fsp3) is 0.256. The first-order chi connectivity index (χ1) is 27.1. The number of esters is 2. The highest BCUT2D eigenvalue weighted by Crippen LogP contribution is 2.33. The van der Waals surface area contributed by atoms with Gasteiger partial charge in [-0.15, -0.1) is 0 Å². The molecule has 0 saturated heterocycles. The number of aromatic amines is 1. The fourth-order valence-corrected chi connectivity index (χ4v) is 6.13. The molecule has 2 aromatic carbocycles. The van der Waals surface area contributed by atoms with E-state index in [1.54, 1.807) is 82.3 Å². The molecule has 0 radical (unpaired) electrons. The number of hydrogen-bond acceptors (Lipinski definition) is 14. The van der Waals surface area contributed by atoms with Crippen LogP contribution in [0.15, 0.2) is 69.7 Å². The first kappa shape index (κ1) is 37.9. The van der Waals surface area contributed by atoms with Crippen molar-refractivity contribution in [2.75, 3.05) is 14.2 Å². The van der Waals surface area contributed by atoms with E-state index in [2.05, 4.69) is 35.5 Å². The molecule has 57 heavy (non-hydrogen) atoms. The quantitative estimate of drug-likeness (QED) is 0.138.